The van der Waals surface area contributed by atoms with Gasteiger partial charge in [-0.15, -0.1) is 0 Å². The van der Waals surface area contributed by atoms with Gasteiger partial charge in [-0.1, -0.05) is 19.4 Å². The van der Waals surface area contributed by atoms with Crippen LogP contribution in [-0.2, 0) is 6.42 Å². The summed E-state index contributed by atoms with van der Waals surface area (Å²) in [5, 5.41) is 8.33. The summed E-state index contributed by atoms with van der Waals surface area (Å²) in [5.74, 6) is 0. The number of rotatable bonds is 4. The minimum absolute atomic E-state index is 0.840. The average molecular weight is 186 g/mol. The first kappa shape index (κ1) is 10.5. The summed E-state index contributed by atoms with van der Waals surface area (Å²) >= 11 is 0. The van der Waals surface area contributed by atoms with Crippen molar-refractivity contribution >= 4 is 6.08 Å². The van der Waals surface area contributed by atoms with E-state index in [9.17, 15) is 0 Å². The summed E-state index contributed by atoms with van der Waals surface area (Å²) in [5.41, 5.74) is 2.10. The van der Waals surface area contributed by atoms with Crippen molar-refractivity contribution in [3.63, 3.8) is 0 Å². The molecule has 0 unspecified atom stereocenters. The lowest BCUT2D eigenvalue weighted by atomic mass is 10.1. The fourth-order valence-corrected chi connectivity index (χ4v) is 1.19. The summed E-state index contributed by atoms with van der Waals surface area (Å²) in [4.78, 5) is 4.23. The number of pyridine rings is 1. The van der Waals surface area contributed by atoms with E-state index in [0.29, 0.717) is 0 Å². The lowest BCUT2D eigenvalue weighted by Crippen LogP contribution is -1.87. The highest BCUT2D eigenvalue weighted by Crippen LogP contribution is 2.05. The Bertz CT molecular complexity index is 330. The van der Waals surface area contributed by atoms with Crippen LogP contribution in [0.4, 0.5) is 0 Å². The molecule has 0 bridgehead atoms. The number of nitrogens with zero attached hydrogens (tertiary/aromatic N) is 2. The molecule has 0 atom stereocenters. The molecule has 14 heavy (non-hydrogen) atoms. The fourth-order valence-electron chi connectivity index (χ4n) is 1.19. The second-order valence-electron chi connectivity index (χ2n) is 3.16. The van der Waals surface area contributed by atoms with E-state index in [2.05, 4.69) is 18.0 Å². The topological polar surface area (TPSA) is 36.7 Å². The van der Waals surface area contributed by atoms with Gasteiger partial charge in [0.05, 0.1) is 11.8 Å². The van der Waals surface area contributed by atoms with Crippen molar-refractivity contribution in [1.82, 2.24) is 4.98 Å². The summed E-state index contributed by atoms with van der Waals surface area (Å²) in [6.07, 6.45) is 8.53. The molecule has 1 aromatic rings. The normalized spacial score (nSPS) is 10.3. The lowest BCUT2D eigenvalue weighted by molar-refractivity contribution is 0.792. The Morgan fingerprint density at radius 1 is 1.50 bits per heavy atom. The van der Waals surface area contributed by atoms with Crippen LogP contribution in [0.1, 0.15) is 31.0 Å². The Morgan fingerprint density at radius 3 is 2.93 bits per heavy atom. The maximum absolute atomic E-state index is 8.33. The highest BCUT2D eigenvalue weighted by molar-refractivity contribution is 5.47. The molecule has 2 nitrogen and oxygen atoms in total. The average Bonchev–Trinajstić information content (AvgIpc) is 2.25. The summed E-state index contributed by atoms with van der Waals surface area (Å²) in [6, 6.07) is 5.96. The van der Waals surface area contributed by atoms with E-state index in [1.807, 2.05) is 18.3 Å². The van der Waals surface area contributed by atoms with Crippen molar-refractivity contribution in [2.24, 2.45) is 0 Å². The van der Waals surface area contributed by atoms with Crippen molar-refractivity contribution < 1.29 is 0 Å². The van der Waals surface area contributed by atoms with Crippen molar-refractivity contribution in [3.8, 4) is 6.07 Å². The SMILES string of the molecule is CCCCc1ccc(C=CC#N)nc1. The zero-order valence-corrected chi connectivity index (χ0v) is 8.40. The predicted octanol–water partition coefficient (Wildman–Crippen LogP) is 2.96. The van der Waals surface area contributed by atoms with Crippen LogP contribution in [0.5, 0.6) is 0 Å². The van der Waals surface area contributed by atoms with Crippen LogP contribution in [0.15, 0.2) is 24.4 Å². The van der Waals surface area contributed by atoms with Crippen LogP contribution < -0.4 is 0 Å². The van der Waals surface area contributed by atoms with Crippen LogP contribution in [0.3, 0.4) is 0 Å². The Kier molecular flexibility index (Phi) is 4.43. The first-order valence-electron chi connectivity index (χ1n) is 4.88. The molecular formula is C12H14N2. The Morgan fingerprint density at radius 2 is 2.36 bits per heavy atom. The van der Waals surface area contributed by atoms with Gasteiger partial charge in [-0.3, -0.25) is 4.98 Å². The van der Waals surface area contributed by atoms with Gasteiger partial charge in [-0.05, 0) is 30.5 Å². The smallest absolute Gasteiger partial charge is 0.0912 e. The maximum Gasteiger partial charge on any atom is 0.0912 e. The maximum atomic E-state index is 8.33. The second kappa shape index (κ2) is 5.93. The van der Waals surface area contributed by atoms with Gasteiger partial charge in [0.2, 0.25) is 0 Å². The largest absolute Gasteiger partial charge is 0.257 e. The van der Waals surface area contributed by atoms with E-state index >= 15 is 0 Å². The molecule has 0 aliphatic heterocycles. The molecule has 0 aliphatic carbocycles. The molecule has 0 saturated carbocycles. The summed E-state index contributed by atoms with van der Waals surface area (Å²) in [7, 11) is 0. The quantitative estimate of drug-likeness (QED) is 0.678. The van der Waals surface area contributed by atoms with Gasteiger partial charge in [-0.2, -0.15) is 5.26 Å². The molecule has 2 heteroatoms. The van der Waals surface area contributed by atoms with E-state index < -0.39 is 0 Å². The molecule has 0 fully saturated rings. The van der Waals surface area contributed by atoms with Crippen LogP contribution in [0.2, 0.25) is 0 Å². The number of unbranched alkanes of at least 4 members (excludes halogenated alkanes) is 1. The molecule has 1 aromatic heterocycles. The zero-order chi connectivity index (χ0) is 10.2. The molecule has 0 spiro atoms. The van der Waals surface area contributed by atoms with Gasteiger partial charge in [0, 0.05) is 12.3 Å². The van der Waals surface area contributed by atoms with E-state index in [0.717, 1.165) is 12.1 Å². The molecule has 0 aliphatic rings. The van der Waals surface area contributed by atoms with Crippen molar-refractivity contribution in [2.75, 3.05) is 0 Å². The third-order valence-electron chi connectivity index (χ3n) is 2.00. The molecule has 0 N–H and O–H groups in total. The van der Waals surface area contributed by atoms with Gasteiger partial charge >= 0.3 is 0 Å². The zero-order valence-electron chi connectivity index (χ0n) is 8.40. The van der Waals surface area contributed by atoms with E-state index in [-0.39, 0.29) is 0 Å². The van der Waals surface area contributed by atoms with E-state index in [4.69, 9.17) is 5.26 Å². The first-order chi connectivity index (χ1) is 6.86. The summed E-state index contributed by atoms with van der Waals surface area (Å²) in [6.45, 7) is 2.18. The Labute approximate surface area is 84.9 Å². The van der Waals surface area contributed by atoms with Crippen LogP contribution in [-0.4, -0.2) is 4.98 Å². The molecule has 1 heterocycles. The second-order valence-corrected chi connectivity index (χ2v) is 3.16. The predicted molar refractivity (Wildman–Crippen MR) is 57.5 cm³/mol. The number of nitriles is 1. The standard InChI is InChI=1S/C12H14N2/c1-2-3-5-11-7-8-12(14-10-11)6-4-9-13/h4,6-8,10H,2-3,5H2,1H3. The third-order valence-corrected chi connectivity index (χ3v) is 2.00. The molecule has 0 saturated heterocycles. The number of hydrogen-bond acceptors (Lipinski definition) is 2. The van der Waals surface area contributed by atoms with Crippen LogP contribution in [0.25, 0.3) is 6.08 Å². The van der Waals surface area contributed by atoms with Gasteiger partial charge in [-0.25, -0.2) is 0 Å². The van der Waals surface area contributed by atoms with E-state index in [1.165, 1.54) is 24.5 Å². The number of hydrogen-bond donors (Lipinski definition) is 0. The fraction of sp³-hybridized carbons (Fsp3) is 0.333. The molecule has 72 valence electrons. The highest BCUT2D eigenvalue weighted by atomic mass is 14.7. The number of aryl methyl sites for hydroxylation is 1. The van der Waals surface area contributed by atoms with Crippen LogP contribution >= 0.6 is 0 Å². The van der Waals surface area contributed by atoms with Gasteiger partial charge in [0.1, 0.15) is 0 Å². The first-order valence-corrected chi connectivity index (χ1v) is 4.88. The molecule has 0 amide bonds. The van der Waals surface area contributed by atoms with Crippen LogP contribution in [0, 0.1) is 11.3 Å². The molecule has 0 radical (unpaired) electrons. The minimum atomic E-state index is 0.840. The number of aromatic nitrogens is 1. The molecular weight excluding hydrogens is 172 g/mol. The summed E-state index contributed by atoms with van der Waals surface area (Å²) < 4.78 is 0. The number of allylic oxidation sites excluding steroid dienone is 1. The monoisotopic (exact) mass is 186 g/mol. The third kappa shape index (κ3) is 3.40. The van der Waals surface area contributed by atoms with Gasteiger partial charge in [0.15, 0.2) is 0 Å². The van der Waals surface area contributed by atoms with Gasteiger partial charge in [0.25, 0.3) is 0 Å². The minimum Gasteiger partial charge on any atom is -0.257 e. The van der Waals surface area contributed by atoms with E-state index in [1.54, 1.807) is 6.08 Å². The van der Waals surface area contributed by atoms with Crippen molar-refractivity contribution in [3.05, 3.63) is 35.7 Å². The lowest BCUT2D eigenvalue weighted by Gasteiger charge is -1.98. The Hall–Kier alpha value is -1.62. The van der Waals surface area contributed by atoms with Gasteiger partial charge < -0.3 is 0 Å². The highest BCUT2D eigenvalue weighted by Gasteiger charge is 1.92. The molecule has 1 rings (SSSR count). The van der Waals surface area contributed by atoms with Crippen molar-refractivity contribution in [2.45, 2.75) is 26.2 Å². The van der Waals surface area contributed by atoms with Crippen molar-refractivity contribution in [1.29, 1.82) is 5.26 Å². The Balaban J connectivity index is 2.60. The molecule has 0 aromatic carbocycles.